The third-order valence-corrected chi connectivity index (χ3v) is 6.69. The highest BCUT2D eigenvalue weighted by Crippen LogP contribution is 2.30. The van der Waals surface area contributed by atoms with Crippen LogP contribution >= 0.6 is 0 Å². The van der Waals surface area contributed by atoms with Crippen molar-refractivity contribution >= 4 is 5.65 Å². The van der Waals surface area contributed by atoms with Crippen LogP contribution < -0.4 is 10.6 Å². The minimum absolute atomic E-state index is 0.582. The Kier molecular flexibility index (Phi) is 6.95. The number of aromatic amines is 1. The fourth-order valence-corrected chi connectivity index (χ4v) is 4.86. The molecule has 0 atom stereocenters. The van der Waals surface area contributed by atoms with Crippen LogP contribution in [0.3, 0.4) is 0 Å². The normalized spacial score (nSPS) is 11.3. The van der Waals surface area contributed by atoms with Gasteiger partial charge >= 0.3 is 0 Å². The highest BCUT2D eigenvalue weighted by molar-refractivity contribution is 5.77. The predicted molar refractivity (Wildman–Crippen MR) is 154 cm³/mol. The summed E-state index contributed by atoms with van der Waals surface area (Å²) in [5.41, 5.74) is 10.2. The van der Waals surface area contributed by atoms with Crippen molar-refractivity contribution < 1.29 is 0 Å². The standard InChI is InChI=1S/C31H30N8/c1-21-7-5-12-27(36-21)31-30(25-13-14-29-34-20-35-39(29)19-25)37-28(38-31)18-33-17-24-9-3-4-11-26(24)23-10-6-8-22(15-23)16-32-2/h3-15,19-20,32-33H,16-18H2,1-2H3,(H,37,38). The van der Waals surface area contributed by atoms with Crippen LogP contribution in [-0.4, -0.2) is 36.6 Å². The number of aromatic nitrogens is 6. The van der Waals surface area contributed by atoms with Crippen molar-refractivity contribution in [1.82, 2.24) is 40.2 Å². The Balaban J connectivity index is 1.27. The second kappa shape index (κ2) is 11.0. The van der Waals surface area contributed by atoms with Gasteiger partial charge in [-0.15, -0.1) is 0 Å². The number of nitrogens with zero attached hydrogens (tertiary/aromatic N) is 5. The van der Waals surface area contributed by atoms with Crippen molar-refractivity contribution in [3.8, 4) is 33.8 Å². The number of rotatable bonds is 9. The van der Waals surface area contributed by atoms with E-state index in [1.807, 2.05) is 50.5 Å². The molecule has 8 nitrogen and oxygen atoms in total. The zero-order chi connectivity index (χ0) is 26.6. The largest absolute Gasteiger partial charge is 0.339 e. The van der Waals surface area contributed by atoms with E-state index in [4.69, 9.17) is 9.97 Å². The summed E-state index contributed by atoms with van der Waals surface area (Å²) in [6, 6.07) is 27.2. The van der Waals surface area contributed by atoms with Crippen LogP contribution in [0.4, 0.5) is 0 Å². The van der Waals surface area contributed by atoms with Gasteiger partial charge in [0.2, 0.25) is 0 Å². The van der Waals surface area contributed by atoms with E-state index in [-0.39, 0.29) is 0 Å². The lowest BCUT2D eigenvalue weighted by atomic mass is 9.98. The molecule has 0 aliphatic rings. The topological polar surface area (TPSA) is 95.8 Å². The zero-order valence-electron chi connectivity index (χ0n) is 22.0. The van der Waals surface area contributed by atoms with Crippen LogP contribution in [0, 0.1) is 6.92 Å². The summed E-state index contributed by atoms with van der Waals surface area (Å²) >= 11 is 0. The number of imidazole rings is 1. The van der Waals surface area contributed by atoms with E-state index in [1.54, 1.807) is 10.8 Å². The molecule has 0 saturated carbocycles. The van der Waals surface area contributed by atoms with Gasteiger partial charge in [-0.2, -0.15) is 5.10 Å². The van der Waals surface area contributed by atoms with Crippen molar-refractivity contribution in [1.29, 1.82) is 0 Å². The Hall–Kier alpha value is -4.66. The second-order valence-corrected chi connectivity index (χ2v) is 9.54. The van der Waals surface area contributed by atoms with Crippen molar-refractivity contribution in [2.45, 2.75) is 26.6 Å². The summed E-state index contributed by atoms with van der Waals surface area (Å²) in [5.74, 6) is 0.843. The number of hydrogen-bond acceptors (Lipinski definition) is 6. The molecule has 0 aliphatic heterocycles. The molecule has 0 saturated heterocycles. The Morgan fingerprint density at radius 2 is 1.74 bits per heavy atom. The quantitative estimate of drug-likeness (QED) is 0.247. The van der Waals surface area contributed by atoms with Crippen LogP contribution in [0.25, 0.3) is 39.4 Å². The average molecular weight is 515 g/mol. The number of hydrogen-bond donors (Lipinski definition) is 3. The average Bonchev–Trinajstić information content (AvgIpc) is 3.61. The van der Waals surface area contributed by atoms with E-state index >= 15 is 0 Å². The lowest BCUT2D eigenvalue weighted by Gasteiger charge is -2.12. The van der Waals surface area contributed by atoms with E-state index in [1.165, 1.54) is 22.3 Å². The summed E-state index contributed by atoms with van der Waals surface area (Å²) in [5, 5.41) is 11.1. The van der Waals surface area contributed by atoms with Gasteiger partial charge in [0, 0.05) is 30.5 Å². The number of nitrogens with one attached hydrogen (secondary N) is 3. The molecule has 39 heavy (non-hydrogen) atoms. The molecule has 6 rings (SSSR count). The fraction of sp³-hybridized carbons (Fsp3) is 0.161. The molecule has 0 bridgehead atoms. The van der Waals surface area contributed by atoms with Gasteiger partial charge in [-0.25, -0.2) is 14.5 Å². The van der Waals surface area contributed by atoms with Gasteiger partial charge in [0.25, 0.3) is 0 Å². The zero-order valence-corrected chi connectivity index (χ0v) is 22.0. The van der Waals surface area contributed by atoms with Gasteiger partial charge in [0.1, 0.15) is 12.2 Å². The minimum atomic E-state index is 0.582. The number of benzene rings is 2. The maximum absolute atomic E-state index is 5.00. The molecule has 8 heteroatoms. The van der Waals surface area contributed by atoms with Gasteiger partial charge in [0.05, 0.1) is 23.6 Å². The SMILES string of the molecule is CNCc1cccc(-c2ccccc2CNCc2nc(-c3ccc4ncnn4c3)c(-c3cccc(C)n3)[nH]2)c1. The minimum Gasteiger partial charge on any atom is -0.339 e. The Labute approximate surface area is 227 Å². The molecular formula is C31H30N8. The van der Waals surface area contributed by atoms with Crippen LogP contribution in [0.15, 0.2) is 91.4 Å². The lowest BCUT2D eigenvalue weighted by Crippen LogP contribution is -2.14. The molecule has 0 radical (unpaired) electrons. The maximum Gasteiger partial charge on any atom is 0.155 e. The Bertz CT molecular complexity index is 1730. The smallest absolute Gasteiger partial charge is 0.155 e. The van der Waals surface area contributed by atoms with Crippen molar-refractivity contribution in [3.05, 3.63) is 114 Å². The van der Waals surface area contributed by atoms with E-state index in [0.717, 1.165) is 46.4 Å². The molecule has 0 spiro atoms. The molecule has 194 valence electrons. The summed E-state index contributed by atoms with van der Waals surface area (Å²) < 4.78 is 1.76. The number of fused-ring (bicyclic) bond motifs is 1. The monoisotopic (exact) mass is 514 g/mol. The molecule has 0 aliphatic carbocycles. The first-order chi connectivity index (χ1) is 19.2. The summed E-state index contributed by atoms with van der Waals surface area (Å²) in [4.78, 5) is 17.5. The van der Waals surface area contributed by atoms with Crippen LogP contribution in [0.1, 0.15) is 22.6 Å². The molecule has 4 heterocycles. The summed E-state index contributed by atoms with van der Waals surface area (Å²) in [6.45, 7) is 4.14. The van der Waals surface area contributed by atoms with Gasteiger partial charge < -0.3 is 15.6 Å². The number of pyridine rings is 2. The van der Waals surface area contributed by atoms with Gasteiger partial charge in [0.15, 0.2) is 5.65 Å². The third-order valence-electron chi connectivity index (χ3n) is 6.69. The first-order valence-corrected chi connectivity index (χ1v) is 13.0. The Morgan fingerprint density at radius 3 is 2.64 bits per heavy atom. The highest BCUT2D eigenvalue weighted by atomic mass is 15.3. The van der Waals surface area contributed by atoms with E-state index in [0.29, 0.717) is 13.1 Å². The van der Waals surface area contributed by atoms with Crippen LogP contribution in [-0.2, 0) is 19.6 Å². The first kappa shape index (κ1) is 24.7. The molecule has 0 unspecified atom stereocenters. The highest BCUT2D eigenvalue weighted by Gasteiger charge is 2.16. The van der Waals surface area contributed by atoms with Crippen LogP contribution in [0.5, 0.6) is 0 Å². The molecule has 0 amide bonds. The van der Waals surface area contributed by atoms with Crippen LogP contribution in [0.2, 0.25) is 0 Å². The molecule has 4 aromatic heterocycles. The van der Waals surface area contributed by atoms with E-state index in [2.05, 4.69) is 74.2 Å². The summed E-state index contributed by atoms with van der Waals surface area (Å²) in [6.07, 6.45) is 3.50. The molecule has 3 N–H and O–H groups in total. The van der Waals surface area contributed by atoms with Crippen molar-refractivity contribution in [3.63, 3.8) is 0 Å². The van der Waals surface area contributed by atoms with E-state index in [9.17, 15) is 0 Å². The second-order valence-electron chi connectivity index (χ2n) is 9.54. The summed E-state index contributed by atoms with van der Waals surface area (Å²) in [7, 11) is 1.97. The van der Waals surface area contributed by atoms with Crippen molar-refractivity contribution in [2.24, 2.45) is 0 Å². The van der Waals surface area contributed by atoms with Gasteiger partial charge in [-0.1, -0.05) is 48.5 Å². The molecule has 2 aromatic carbocycles. The van der Waals surface area contributed by atoms with E-state index < -0.39 is 0 Å². The van der Waals surface area contributed by atoms with Gasteiger partial charge in [-0.3, -0.25) is 4.98 Å². The van der Waals surface area contributed by atoms with Gasteiger partial charge in [-0.05, 0) is 66.6 Å². The molecule has 6 aromatic rings. The lowest BCUT2D eigenvalue weighted by molar-refractivity contribution is 0.670. The Morgan fingerprint density at radius 1 is 0.846 bits per heavy atom. The van der Waals surface area contributed by atoms with Crippen molar-refractivity contribution in [2.75, 3.05) is 7.05 Å². The fourth-order valence-electron chi connectivity index (χ4n) is 4.86. The third kappa shape index (κ3) is 5.34. The molecular weight excluding hydrogens is 484 g/mol. The first-order valence-electron chi connectivity index (χ1n) is 13.0. The maximum atomic E-state index is 5.00. The predicted octanol–water partition coefficient (Wildman–Crippen LogP) is 5.17. The number of aryl methyl sites for hydroxylation is 1. The molecule has 0 fully saturated rings. The number of H-pyrrole nitrogens is 1.